The quantitative estimate of drug-likeness (QED) is 0.483. The maximum Gasteiger partial charge on any atom is 0.416 e. The molecule has 0 aliphatic heterocycles. The Kier molecular flexibility index (Phi) is 6.34. The highest BCUT2D eigenvalue weighted by atomic mass is 32.1. The van der Waals surface area contributed by atoms with Crippen LogP contribution in [0.2, 0.25) is 0 Å². The van der Waals surface area contributed by atoms with E-state index >= 15 is 0 Å². The van der Waals surface area contributed by atoms with Gasteiger partial charge in [-0.25, -0.2) is 9.78 Å². The first-order valence-electron chi connectivity index (χ1n) is 8.67. The molecule has 3 aromatic rings. The molecule has 3 rings (SSSR count). The summed E-state index contributed by atoms with van der Waals surface area (Å²) in [5.74, 6) is -0.411. The Labute approximate surface area is 169 Å². The normalized spacial score (nSPS) is 11.5. The van der Waals surface area contributed by atoms with Gasteiger partial charge in [0, 0.05) is 5.56 Å². The second-order valence-electron chi connectivity index (χ2n) is 6.29. The number of esters is 1. The molecule has 0 N–H and O–H groups in total. The van der Waals surface area contributed by atoms with Gasteiger partial charge in [-0.3, -0.25) is 0 Å². The first-order valence-corrected chi connectivity index (χ1v) is 9.48. The first-order chi connectivity index (χ1) is 13.8. The Morgan fingerprint density at radius 1 is 1.10 bits per heavy atom. The Bertz CT molecular complexity index is 997. The zero-order valence-electron chi connectivity index (χ0n) is 15.7. The molecule has 0 bridgehead atoms. The predicted octanol–water partition coefficient (Wildman–Crippen LogP) is 5.64. The van der Waals surface area contributed by atoms with Gasteiger partial charge in [0.05, 0.1) is 42.0 Å². The molecule has 0 spiro atoms. The van der Waals surface area contributed by atoms with Crippen LogP contribution in [0.4, 0.5) is 13.2 Å². The molecule has 0 fully saturated rings. The SMILES string of the molecule is COC(=O)c1cccc(COCc2sc(-c3ccc(C(F)(F)F)cc3)nc2C)c1. The van der Waals surface area contributed by atoms with Crippen molar-refractivity contribution in [1.29, 1.82) is 0 Å². The molecule has 0 saturated carbocycles. The molecule has 4 nitrogen and oxygen atoms in total. The number of carbonyl (C=O) groups excluding carboxylic acids is 1. The summed E-state index contributed by atoms with van der Waals surface area (Å²) in [6.07, 6.45) is -4.36. The van der Waals surface area contributed by atoms with Gasteiger partial charge in [-0.15, -0.1) is 11.3 Å². The Morgan fingerprint density at radius 2 is 1.83 bits per heavy atom. The van der Waals surface area contributed by atoms with E-state index in [0.29, 0.717) is 29.3 Å². The minimum atomic E-state index is -4.36. The van der Waals surface area contributed by atoms with Gasteiger partial charge in [-0.1, -0.05) is 24.3 Å². The zero-order chi connectivity index (χ0) is 21.0. The number of rotatable bonds is 6. The number of alkyl halides is 3. The molecule has 0 aliphatic carbocycles. The number of benzene rings is 2. The van der Waals surface area contributed by atoms with E-state index in [4.69, 9.17) is 9.47 Å². The number of ether oxygens (including phenoxy) is 2. The summed E-state index contributed by atoms with van der Waals surface area (Å²) in [5, 5.41) is 0.641. The van der Waals surface area contributed by atoms with Crippen molar-refractivity contribution in [3.05, 3.63) is 75.8 Å². The molecule has 0 aliphatic rings. The highest BCUT2D eigenvalue weighted by Crippen LogP contribution is 2.33. The van der Waals surface area contributed by atoms with Crippen LogP contribution in [-0.2, 0) is 28.9 Å². The summed E-state index contributed by atoms with van der Waals surface area (Å²) in [6, 6.07) is 11.9. The summed E-state index contributed by atoms with van der Waals surface area (Å²) in [7, 11) is 1.33. The number of thiazole rings is 1. The van der Waals surface area contributed by atoms with Crippen LogP contribution in [0.5, 0.6) is 0 Å². The molecule has 0 unspecified atom stereocenters. The number of aromatic nitrogens is 1. The van der Waals surface area contributed by atoms with Crippen molar-refractivity contribution >= 4 is 17.3 Å². The van der Waals surface area contributed by atoms with Crippen LogP contribution in [-0.4, -0.2) is 18.1 Å². The fourth-order valence-corrected chi connectivity index (χ4v) is 3.66. The second-order valence-corrected chi connectivity index (χ2v) is 7.37. The maximum atomic E-state index is 12.7. The highest BCUT2D eigenvalue weighted by molar-refractivity contribution is 7.15. The summed E-state index contributed by atoms with van der Waals surface area (Å²) < 4.78 is 48.6. The van der Waals surface area contributed by atoms with Crippen molar-refractivity contribution in [2.24, 2.45) is 0 Å². The zero-order valence-corrected chi connectivity index (χ0v) is 16.6. The molecule has 0 amide bonds. The van der Waals surface area contributed by atoms with E-state index in [9.17, 15) is 18.0 Å². The molecule has 1 aromatic heterocycles. The van der Waals surface area contributed by atoms with E-state index in [-0.39, 0.29) is 0 Å². The molecular weight excluding hydrogens is 403 g/mol. The minimum Gasteiger partial charge on any atom is -0.465 e. The molecule has 2 aromatic carbocycles. The fourth-order valence-electron chi connectivity index (χ4n) is 2.65. The smallest absolute Gasteiger partial charge is 0.416 e. The average molecular weight is 421 g/mol. The van der Waals surface area contributed by atoms with E-state index in [0.717, 1.165) is 28.3 Å². The van der Waals surface area contributed by atoms with Crippen LogP contribution in [0.3, 0.4) is 0 Å². The van der Waals surface area contributed by atoms with Crippen LogP contribution in [0.25, 0.3) is 10.6 Å². The van der Waals surface area contributed by atoms with Crippen molar-refractivity contribution in [1.82, 2.24) is 4.98 Å². The Balaban J connectivity index is 1.65. The standard InChI is InChI=1S/C21H18F3NO3S/c1-13-18(12-28-11-14-4-3-5-16(10-14)20(26)27-2)29-19(25-13)15-6-8-17(9-7-15)21(22,23)24/h3-10H,11-12H2,1-2H3. The van der Waals surface area contributed by atoms with Gasteiger partial charge < -0.3 is 9.47 Å². The van der Waals surface area contributed by atoms with Gasteiger partial charge in [0.25, 0.3) is 0 Å². The second kappa shape index (κ2) is 8.75. The number of carbonyl (C=O) groups is 1. The summed E-state index contributed by atoms with van der Waals surface area (Å²) in [6.45, 7) is 2.45. The van der Waals surface area contributed by atoms with Crippen LogP contribution >= 0.6 is 11.3 Å². The summed E-state index contributed by atoms with van der Waals surface area (Å²) in [5.41, 5.74) is 1.99. The van der Waals surface area contributed by atoms with Crippen molar-refractivity contribution in [2.45, 2.75) is 26.3 Å². The van der Waals surface area contributed by atoms with Gasteiger partial charge in [-0.2, -0.15) is 13.2 Å². The van der Waals surface area contributed by atoms with E-state index in [2.05, 4.69) is 4.98 Å². The topological polar surface area (TPSA) is 48.4 Å². The summed E-state index contributed by atoms with van der Waals surface area (Å²) in [4.78, 5) is 16.9. The van der Waals surface area contributed by atoms with E-state index in [1.807, 2.05) is 13.0 Å². The van der Waals surface area contributed by atoms with Gasteiger partial charge in [0.2, 0.25) is 0 Å². The lowest BCUT2D eigenvalue weighted by Crippen LogP contribution is -2.03. The molecule has 152 valence electrons. The molecule has 29 heavy (non-hydrogen) atoms. The van der Waals surface area contributed by atoms with Crippen molar-refractivity contribution in [3.8, 4) is 10.6 Å². The lowest BCUT2D eigenvalue weighted by molar-refractivity contribution is -0.137. The highest BCUT2D eigenvalue weighted by Gasteiger charge is 2.30. The van der Waals surface area contributed by atoms with Gasteiger partial charge in [0.1, 0.15) is 5.01 Å². The number of nitrogens with zero attached hydrogens (tertiary/aromatic N) is 1. The molecule has 1 heterocycles. The minimum absolute atomic E-state index is 0.303. The lowest BCUT2D eigenvalue weighted by Gasteiger charge is -2.06. The van der Waals surface area contributed by atoms with E-state index in [1.54, 1.807) is 18.2 Å². The van der Waals surface area contributed by atoms with Crippen LogP contribution in [0.1, 0.15) is 32.1 Å². The number of methoxy groups -OCH3 is 1. The van der Waals surface area contributed by atoms with Gasteiger partial charge in [0.15, 0.2) is 0 Å². The largest absolute Gasteiger partial charge is 0.465 e. The van der Waals surface area contributed by atoms with Crippen molar-refractivity contribution in [3.63, 3.8) is 0 Å². The molecule has 0 atom stereocenters. The number of hydrogen-bond donors (Lipinski definition) is 0. The van der Waals surface area contributed by atoms with Crippen molar-refractivity contribution in [2.75, 3.05) is 7.11 Å². The van der Waals surface area contributed by atoms with E-state index in [1.165, 1.54) is 30.6 Å². The average Bonchev–Trinajstić information content (AvgIpc) is 3.07. The maximum absolute atomic E-state index is 12.7. The molecule has 0 radical (unpaired) electrons. The summed E-state index contributed by atoms with van der Waals surface area (Å²) >= 11 is 1.38. The number of halogens is 3. The number of aryl methyl sites for hydroxylation is 1. The first kappa shape index (κ1) is 21.0. The Morgan fingerprint density at radius 3 is 2.48 bits per heavy atom. The van der Waals surface area contributed by atoms with Gasteiger partial charge in [-0.05, 0) is 36.8 Å². The van der Waals surface area contributed by atoms with Crippen LogP contribution < -0.4 is 0 Å². The van der Waals surface area contributed by atoms with Crippen LogP contribution in [0.15, 0.2) is 48.5 Å². The molecular formula is C21H18F3NO3S. The predicted molar refractivity (Wildman–Crippen MR) is 104 cm³/mol. The van der Waals surface area contributed by atoms with Crippen LogP contribution in [0, 0.1) is 6.92 Å². The fraction of sp³-hybridized carbons (Fsp3) is 0.238. The molecule has 0 saturated heterocycles. The van der Waals surface area contributed by atoms with Gasteiger partial charge >= 0.3 is 12.1 Å². The third-order valence-corrected chi connectivity index (χ3v) is 5.38. The lowest BCUT2D eigenvalue weighted by atomic mass is 10.1. The van der Waals surface area contributed by atoms with E-state index < -0.39 is 17.7 Å². The monoisotopic (exact) mass is 421 g/mol. The number of hydrogen-bond acceptors (Lipinski definition) is 5. The molecule has 8 heteroatoms. The third-order valence-electron chi connectivity index (χ3n) is 4.20. The van der Waals surface area contributed by atoms with Crippen molar-refractivity contribution < 1.29 is 27.4 Å². The Hall–Kier alpha value is -2.71. The third kappa shape index (κ3) is 5.21.